The summed E-state index contributed by atoms with van der Waals surface area (Å²) in [5, 5.41) is 30.8. The minimum absolute atomic E-state index is 0.106. The van der Waals surface area contributed by atoms with E-state index in [0.717, 1.165) is 52.0 Å². The SMILES string of the molecule is O=C(Cc1ccccc1)Cc1nnc(CCCCc2nnc(NC(=O)Cc3ccc(F)c(O)c3F)s2)s1. The number of nitrogens with zero attached hydrogens (tertiary/aromatic N) is 4. The van der Waals surface area contributed by atoms with Crippen LogP contribution in [0, 0.1) is 11.6 Å². The van der Waals surface area contributed by atoms with Crippen LogP contribution in [0.1, 0.15) is 39.0 Å². The molecule has 0 radical (unpaired) electrons. The number of aromatic nitrogens is 4. The van der Waals surface area contributed by atoms with Gasteiger partial charge in [0.2, 0.25) is 11.0 Å². The van der Waals surface area contributed by atoms with E-state index in [-0.39, 0.29) is 29.3 Å². The van der Waals surface area contributed by atoms with Crippen molar-refractivity contribution in [1.82, 2.24) is 20.4 Å². The fourth-order valence-electron chi connectivity index (χ4n) is 3.53. The monoisotopic (exact) mass is 543 g/mol. The Morgan fingerprint density at radius 2 is 1.49 bits per heavy atom. The lowest BCUT2D eigenvalue weighted by Crippen LogP contribution is -2.15. The van der Waals surface area contributed by atoms with Gasteiger partial charge in [0.05, 0.1) is 12.8 Å². The number of aryl methyl sites for hydroxylation is 2. The molecule has 2 aromatic carbocycles. The van der Waals surface area contributed by atoms with Gasteiger partial charge in [0.25, 0.3) is 0 Å². The molecule has 0 aliphatic heterocycles. The van der Waals surface area contributed by atoms with Crippen LogP contribution in [0.4, 0.5) is 13.9 Å². The molecule has 0 spiro atoms. The first-order valence-corrected chi connectivity index (χ1v) is 13.2. The van der Waals surface area contributed by atoms with Gasteiger partial charge in [-0.05, 0) is 24.5 Å². The van der Waals surface area contributed by atoms with Crippen molar-refractivity contribution < 1.29 is 23.5 Å². The normalized spacial score (nSPS) is 11.0. The quantitative estimate of drug-likeness (QED) is 0.253. The van der Waals surface area contributed by atoms with Crippen molar-refractivity contribution in [1.29, 1.82) is 0 Å². The number of unbranched alkanes of at least 4 members (excludes halogenated alkanes) is 1. The molecule has 1 amide bonds. The summed E-state index contributed by atoms with van der Waals surface area (Å²) in [7, 11) is 0. The van der Waals surface area contributed by atoms with Gasteiger partial charge < -0.3 is 10.4 Å². The van der Waals surface area contributed by atoms with Gasteiger partial charge in [-0.1, -0.05) is 47.7 Å². The Hall–Kier alpha value is -3.64. The fourth-order valence-corrected chi connectivity index (χ4v) is 5.24. The van der Waals surface area contributed by atoms with E-state index in [9.17, 15) is 23.5 Å². The zero-order valence-corrected chi connectivity index (χ0v) is 21.2. The van der Waals surface area contributed by atoms with Gasteiger partial charge in [0.15, 0.2) is 17.4 Å². The van der Waals surface area contributed by atoms with E-state index in [1.807, 2.05) is 30.3 Å². The molecule has 0 bridgehead atoms. The number of aromatic hydroxyl groups is 1. The maximum absolute atomic E-state index is 13.9. The second-order valence-corrected chi connectivity index (χ2v) is 10.5. The average molecular weight is 544 g/mol. The smallest absolute Gasteiger partial charge is 0.230 e. The largest absolute Gasteiger partial charge is 0.503 e. The number of carbonyl (C=O) groups is 2. The van der Waals surface area contributed by atoms with Crippen molar-refractivity contribution >= 4 is 39.5 Å². The predicted octanol–water partition coefficient (Wildman–Crippen LogP) is 4.47. The summed E-state index contributed by atoms with van der Waals surface area (Å²) >= 11 is 2.67. The first-order chi connectivity index (χ1) is 17.9. The number of benzene rings is 2. The summed E-state index contributed by atoms with van der Waals surface area (Å²) < 4.78 is 27.0. The maximum Gasteiger partial charge on any atom is 0.230 e. The minimum Gasteiger partial charge on any atom is -0.503 e. The Labute approximate surface area is 219 Å². The van der Waals surface area contributed by atoms with Gasteiger partial charge in [-0.25, -0.2) is 8.78 Å². The van der Waals surface area contributed by atoms with Crippen LogP contribution in [0.15, 0.2) is 42.5 Å². The number of Topliss-reactive ketones (excluding diaryl/α,β-unsaturated/α-hetero) is 1. The highest BCUT2D eigenvalue weighted by molar-refractivity contribution is 7.15. The van der Waals surface area contributed by atoms with Gasteiger partial charge in [0, 0.05) is 24.8 Å². The predicted molar refractivity (Wildman–Crippen MR) is 136 cm³/mol. The number of halogens is 2. The van der Waals surface area contributed by atoms with E-state index in [1.165, 1.54) is 22.7 Å². The summed E-state index contributed by atoms with van der Waals surface area (Å²) in [5.74, 6) is -3.80. The van der Waals surface area contributed by atoms with Crippen molar-refractivity contribution in [2.24, 2.45) is 0 Å². The van der Waals surface area contributed by atoms with E-state index in [1.54, 1.807) is 0 Å². The zero-order chi connectivity index (χ0) is 26.2. The maximum atomic E-state index is 13.9. The van der Waals surface area contributed by atoms with Crippen LogP contribution in [-0.2, 0) is 41.7 Å². The molecule has 2 aromatic heterocycles. The van der Waals surface area contributed by atoms with Gasteiger partial charge in [-0.2, -0.15) is 0 Å². The molecule has 192 valence electrons. The highest BCUT2D eigenvalue weighted by Gasteiger charge is 2.16. The second kappa shape index (κ2) is 12.5. The topological polar surface area (TPSA) is 118 Å². The van der Waals surface area contributed by atoms with Crippen molar-refractivity contribution in [3.8, 4) is 5.75 Å². The molecule has 8 nitrogen and oxygen atoms in total. The molecule has 0 atom stereocenters. The number of rotatable bonds is 12. The van der Waals surface area contributed by atoms with Crippen LogP contribution < -0.4 is 5.32 Å². The van der Waals surface area contributed by atoms with Crippen molar-refractivity contribution in [2.45, 2.75) is 44.9 Å². The molecule has 4 aromatic rings. The van der Waals surface area contributed by atoms with Gasteiger partial charge in [0.1, 0.15) is 20.8 Å². The van der Waals surface area contributed by atoms with E-state index in [4.69, 9.17) is 0 Å². The first-order valence-electron chi connectivity index (χ1n) is 11.5. The van der Waals surface area contributed by atoms with Crippen molar-refractivity contribution in [2.75, 3.05) is 5.32 Å². The number of hydrogen-bond acceptors (Lipinski definition) is 9. The number of carbonyl (C=O) groups excluding carboxylic acids is 2. The minimum atomic E-state index is -1.16. The number of nitrogens with one attached hydrogen (secondary N) is 1. The highest BCUT2D eigenvalue weighted by atomic mass is 32.1. The lowest BCUT2D eigenvalue weighted by atomic mass is 10.1. The highest BCUT2D eigenvalue weighted by Crippen LogP contribution is 2.24. The van der Waals surface area contributed by atoms with Gasteiger partial charge >= 0.3 is 0 Å². The molecule has 0 fully saturated rings. The second-order valence-electron chi connectivity index (χ2n) is 8.27. The number of amides is 1. The van der Waals surface area contributed by atoms with Crippen LogP contribution in [0.5, 0.6) is 5.75 Å². The summed E-state index contributed by atoms with van der Waals surface area (Å²) in [5.41, 5.74) is 0.861. The third kappa shape index (κ3) is 7.67. The third-order valence-corrected chi connectivity index (χ3v) is 7.23. The third-order valence-electron chi connectivity index (χ3n) is 5.34. The lowest BCUT2D eigenvalue weighted by molar-refractivity contribution is -0.118. The van der Waals surface area contributed by atoms with Crippen LogP contribution >= 0.6 is 22.7 Å². The average Bonchev–Trinajstić information content (AvgIpc) is 3.52. The molecule has 4 rings (SSSR count). The molecule has 0 saturated carbocycles. The molecule has 0 aliphatic rings. The van der Waals surface area contributed by atoms with Crippen LogP contribution in [-0.4, -0.2) is 37.2 Å². The van der Waals surface area contributed by atoms with Crippen LogP contribution in [0.2, 0.25) is 0 Å². The van der Waals surface area contributed by atoms with E-state index in [0.29, 0.717) is 12.8 Å². The van der Waals surface area contributed by atoms with Gasteiger partial charge in [-0.15, -0.1) is 31.7 Å². The number of phenols is 1. The van der Waals surface area contributed by atoms with Crippen LogP contribution in [0.3, 0.4) is 0 Å². The Balaban J connectivity index is 1.17. The van der Waals surface area contributed by atoms with E-state index < -0.39 is 23.3 Å². The lowest BCUT2D eigenvalue weighted by Gasteiger charge is -2.05. The Morgan fingerprint density at radius 3 is 2.24 bits per heavy atom. The molecular formula is C25H23F2N5O3S2. The molecule has 0 saturated heterocycles. The number of ketones is 1. The Bertz CT molecular complexity index is 1380. The number of hydrogen-bond donors (Lipinski definition) is 2. The van der Waals surface area contributed by atoms with E-state index >= 15 is 0 Å². The van der Waals surface area contributed by atoms with Crippen molar-refractivity contribution in [3.63, 3.8) is 0 Å². The molecule has 0 unspecified atom stereocenters. The molecule has 37 heavy (non-hydrogen) atoms. The summed E-state index contributed by atoms with van der Waals surface area (Å²) in [6, 6.07) is 11.6. The standard InChI is InChI=1S/C25H23F2N5O3S2/c26-18-11-10-16(23(27)24(18)35)13-19(34)28-25-32-30-21(37-25)9-5-4-8-20-29-31-22(36-20)14-17(33)12-15-6-2-1-3-7-15/h1-3,6-7,10-11,35H,4-5,8-9,12-14H2,(H,28,32,34). The van der Waals surface area contributed by atoms with Crippen molar-refractivity contribution in [3.05, 3.63) is 80.2 Å². The fraction of sp³-hybridized carbons (Fsp3) is 0.280. The first kappa shape index (κ1) is 26.4. The summed E-state index contributed by atoms with van der Waals surface area (Å²) in [6.07, 6.45) is 3.35. The summed E-state index contributed by atoms with van der Waals surface area (Å²) in [4.78, 5) is 24.4. The van der Waals surface area contributed by atoms with Crippen LogP contribution in [0.25, 0.3) is 0 Å². The summed E-state index contributed by atoms with van der Waals surface area (Å²) in [6.45, 7) is 0. The Morgan fingerprint density at radius 1 is 0.811 bits per heavy atom. The molecule has 2 heterocycles. The van der Waals surface area contributed by atoms with E-state index in [2.05, 4.69) is 25.7 Å². The van der Waals surface area contributed by atoms with Gasteiger partial charge in [-0.3, -0.25) is 9.59 Å². The number of phenolic OH excluding ortho intramolecular Hbond substituents is 1. The zero-order valence-electron chi connectivity index (χ0n) is 19.6. The Kier molecular flexibility index (Phi) is 8.96. The molecular weight excluding hydrogens is 520 g/mol. The molecule has 0 aliphatic carbocycles. The molecule has 2 N–H and O–H groups in total. The number of anilines is 1. The molecule has 12 heteroatoms.